The molecule has 1 fully saturated rings. The molecule has 0 amide bonds. The van der Waals surface area contributed by atoms with Crippen LogP contribution in [0.25, 0.3) is 0 Å². The van der Waals surface area contributed by atoms with Gasteiger partial charge in [-0.2, -0.15) is 0 Å². The van der Waals surface area contributed by atoms with Crippen LogP contribution in [0, 0.1) is 5.41 Å². The molecular formula is C17H25NO4S. The van der Waals surface area contributed by atoms with Crippen molar-refractivity contribution in [3.63, 3.8) is 0 Å². The molecule has 0 spiro atoms. The molecule has 6 heteroatoms. The zero-order valence-corrected chi connectivity index (χ0v) is 14.6. The number of hydrogen-bond donors (Lipinski definition) is 0. The van der Waals surface area contributed by atoms with E-state index >= 15 is 0 Å². The number of nitrogens with zero attached hydrogens (tertiary/aromatic N) is 1. The third kappa shape index (κ3) is 4.38. The Balaban J connectivity index is 1.58. The first kappa shape index (κ1) is 16.6. The molecule has 0 bridgehead atoms. The summed E-state index contributed by atoms with van der Waals surface area (Å²) in [7, 11) is -2.93. The minimum Gasteiger partial charge on any atom is -0.486 e. The van der Waals surface area contributed by atoms with E-state index in [0.29, 0.717) is 12.4 Å². The SMILES string of the molecule is CCN(CC1COc2ccccc2O1)CC1(CS(C)(=O)=O)CC1. The predicted octanol–water partition coefficient (Wildman–Crippen LogP) is 1.97. The lowest BCUT2D eigenvalue weighted by molar-refractivity contribution is 0.0552. The summed E-state index contributed by atoms with van der Waals surface area (Å²) in [5, 5.41) is 0. The number of para-hydroxylation sites is 2. The van der Waals surface area contributed by atoms with Gasteiger partial charge < -0.3 is 9.47 Å². The highest BCUT2D eigenvalue weighted by atomic mass is 32.2. The average molecular weight is 339 g/mol. The van der Waals surface area contributed by atoms with Gasteiger partial charge in [-0.25, -0.2) is 8.42 Å². The molecule has 0 N–H and O–H groups in total. The van der Waals surface area contributed by atoms with Crippen LogP contribution in [-0.4, -0.2) is 57.7 Å². The van der Waals surface area contributed by atoms with Crippen LogP contribution < -0.4 is 9.47 Å². The van der Waals surface area contributed by atoms with Gasteiger partial charge in [-0.15, -0.1) is 0 Å². The van der Waals surface area contributed by atoms with Gasteiger partial charge in [0.2, 0.25) is 0 Å². The van der Waals surface area contributed by atoms with Gasteiger partial charge >= 0.3 is 0 Å². The Bertz CT molecular complexity index is 654. The van der Waals surface area contributed by atoms with Crippen molar-refractivity contribution in [1.29, 1.82) is 0 Å². The smallest absolute Gasteiger partial charge is 0.161 e. The normalized spacial score (nSPS) is 22.1. The monoisotopic (exact) mass is 339 g/mol. The predicted molar refractivity (Wildman–Crippen MR) is 89.8 cm³/mol. The van der Waals surface area contributed by atoms with Gasteiger partial charge in [-0.1, -0.05) is 19.1 Å². The number of hydrogen-bond acceptors (Lipinski definition) is 5. The van der Waals surface area contributed by atoms with Crippen molar-refractivity contribution >= 4 is 9.84 Å². The zero-order chi connectivity index (χ0) is 16.5. The van der Waals surface area contributed by atoms with Gasteiger partial charge in [0.1, 0.15) is 22.5 Å². The van der Waals surface area contributed by atoms with Crippen LogP contribution in [0.2, 0.25) is 0 Å². The number of sulfone groups is 1. The fraction of sp³-hybridized carbons (Fsp3) is 0.647. The highest BCUT2D eigenvalue weighted by Gasteiger charge is 2.46. The summed E-state index contributed by atoms with van der Waals surface area (Å²) in [4.78, 5) is 2.29. The van der Waals surface area contributed by atoms with Gasteiger partial charge in [0.05, 0.1) is 5.75 Å². The first-order chi connectivity index (χ1) is 10.9. The van der Waals surface area contributed by atoms with Crippen molar-refractivity contribution in [3.8, 4) is 11.5 Å². The Morgan fingerprint density at radius 1 is 1.26 bits per heavy atom. The highest BCUT2D eigenvalue weighted by molar-refractivity contribution is 7.90. The number of likely N-dealkylation sites (N-methyl/N-ethyl adjacent to an activating group) is 1. The molecule has 1 aliphatic heterocycles. The summed E-state index contributed by atoms with van der Waals surface area (Å²) < 4.78 is 35.0. The van der Waals surface area contributed by atoms with E-state index in [0.717, 1.165) is 44.0 Å². The van der Waals surface area contributed by atoms with Crippen LogP contribution in [0.4, 0.5) is 0 Å². The van der Waals surface area contributed by atoms with E-state index in [1.807, 2.05) is 24.3 Å². The molecule has 0 radical (unpaired) electrons. The summed E-state index contributed by atoms with van der Waals surface area (Å²) >= 11 is 0. The van der Waals surface area contributed by atoms with Gasteiger partial charge in [-0.3, -0.25) is 4.90 Å². The lowest BCUT2D eigenvalue weighted by Gasteiger charge is -2.32. The maximum absolute atomic E-state index is 11.6. The number of fused-ring (bicyclic) bond motifs is 1. The molecule has 1 atom stereocenters. The molecule has 1 aromatic carbocycles. The first-order valence-electron chi connectivity index (χ1n) is 8.18. The standard InChI is InChI=1S/C17H25NO4S/c1-3-18(12-17(8-9-17)13-23(2,19)20)10-14-11-21-15-6-4-5-7-16(15)22-14/h4-7,14H,3,8-13H2,1-2H3. The molecule has 0 saturated heterocycles. The summed E-state index contributed by atoms with van der Waals surface area (Å²) in [6.45, 7) is 5.10. The van der Waals surface area contributed by atoms with Crippen molar-refractivity contribution in [2.45, 2.75) is 25.9 Å². The van der Waals surface area contributed by atoms with Crippen molar-refractivity contribution in [1.82, 2.24) is 4.90 Å². The lowest BCUT2D eigenvalue weighted by Crippen LogP contribution is -2.43. The van der Waals surface area contributed by atoms with E-state index in [-0.39, 0.29) is 11.5 Å². The van der Waals surface area contributed by atoms with Crippen LogP contribution in [0.3, 0.4) is 0 Å². The Hall–Kier alpha value is -1.27. The Morgan fingerprint density at radius 3 is 2.57 bits per heavy atom. The third-order valence-corrected chi connectivity index (χ3v) is 5.70. The van der Waals surface area contributed by atoms with E-state index in [4.69, 9.17) is 9.47 Å². The van der Waals surface area contributed by atoms with E-state index in [9.17, 15) is 8.42 Å². The molecule has 23 heavy (non-hydrogen) atoms. The molecule has 1 unspecified atom stereocenters. The van der Waals surface area contributed by atoms with Crippen molar-refractivity contribution in [3.05, 3.63) is 24.3 Å². The number of rotatable bonds is 7. The fourth-order valence-electron chi connectivity index (χ4n) is 3.30. The van der Waals surface area contributed by atoms with Crippen LogP contribution in [0.5, 0.6) is 11.5 Å². The average Bonchev–Trinajstić information content (AvgIpc) is 3.23. The van der Waals surface area contributed by atoms with Crippen molar-refractivity contribution in [2.75, 3.05) is 38.2 Å². The van der Waals surface area contributed by atoms with Crippen LogP contribution >= 0.6 is 0 Å². The van der Waals surface area contributed by atoms with Crippen LogP contribution in [0.1, 0.15) is 19.8 Å². The van der Waals surface area contributed by atoms with E-state index in [1.165, 1.54) is 6.26 Å². The molecule has 1 aromatic rings. The molecule has 1 saturated carbocycles. The van der Waals surface area contributed by atoms with Gasteiger partial charge in [0, 0.05) is 19.3 Å². The summed E-state index contributed by atoms with van der Waals surface area (Å²) in [6.07, 6.45) is 3.32. The number of benzene rings is 1. The fourth-order valence-corrected chi connectivity index (χ4v) is 4.79. The second-order valence-corrected chi connectivity index (χ2v) is 9.04. The minimum atomic E-state index is -2.93. The molecule has 1 heterocycles. The quantitative estimate of drug-likeness (QED) is 0.760. The largest absolute Gasteiger partial charge is 0.486 e. The van der Waals surface area contributed by atoms with Crippen molar-refractivity contribution in [2.24, 2.45) is 5.41 Å². The van der Waals surface area contributed by atoms with E-state index in [1.54, 1.807) is 0 Å². The first-order valence-corrected chi connectivity index (χ1v) is 10.2. The topological polar surface area (TPSA) is 55.8 Å². The second kappa shape index (κ2) is 6.32. The summed E-state index contributed by atoms with van der Waals surface area (Å²) in [6, 6.07) is 7.70. The lowest BCUT2D eigenvalue weighted by atomic mass is 10.1. The Morgan fingerprint density at radius 2 is 1.96 bits per heavy atom. The van der Waals surface area contributed by atoms with Crippen molar-refractivity contribution < 1.29 is 17.9 Å². The number of ether oxygens (including phenoxy) is 2. The Labute approximate surface area is 138 Å². The molecule has 0 aromatic heterocycles. The van der Waals surface area contributed by atoms with Gasteiger partial charge in [0.25, 0.3) is 0 Å². The van der Waals surface area contributed by atoms with E-state index < -0.39 is 9.84 Å². The maximum Gasteiger partial charge on any atom is 0.161 e. The van der Waals surface area contributed by atoms with Crippen LogP contribution in [-0.2, 0) is 9.84 Å². The van der Waals surface area contributed by atoms with E-state index in [2.05, 4.69) is 11.8 Å². The second-order valence-electron chi connectivity index (χ2n) is 6.90. The minimum absolute atomic E-state index is 0.0149. The molecule has 2 aliphatic rings. The summed E-state index contributed by atoms with van der Waals surface area (Å²) in [5.74, 6) is 1.88. The molecular weight excluding hydrogens is 314 g/mol. The molecule has 128 valence electrons. The summed E-state index contributed by atoms with van der Waals surface area (Å²) in [5.41, 5.74) is -0.0446. The Kier molecular flexibility index (Phi) is 4.56. The molecule has 3 rings (SSSR count). The molecule has 5 nitrogen and oxygen atoms in total. The molecule has 1 aliphatic carbocycles. The van der Waals surface area contributed by atoms with Crippen LogP contribution in [0.15, 0.2) is 24.3 Å². The third-order valence-electron chi connectivity index (χ3n) is 4.56. The van der Waals surface area contributed by atoms with Gasteiger partial charge in [0.15, 0.2) is 11.5 Å². The van der Waals surface area contributed by atoms with Gasteiger partial charge in [-0.05, 0) is 36.9 Å². The highest BCUT2D eigenvalue weighted by Crippen LogP contribution is 2.47. The zero-order valence-electron chi connectivity index (χ0n) is 13.8. The maximum atomic E-state index is 11.6.